The van der Waals surface area contributed by atoms with Crippen molar-refractivity contribution in [3.05, 3.63) is 0 Å². The van der Waals surface area contributed by atoms with Gasteiger partial charge < -0.3 is 15.2 Å². The molecule has 1 atom stereocenters. The highest BCUT2D eigenvalue weighted by molar-refractivity contribution is 6.35. The Balaban J connectivity index is 0. The minimum Gasteiger partial charge on any atom is -0.480 e. The molecule has 0 aromatic heterocycles. The molecule has 0 aliphatic heterocycles. The van der Waals surface area contributed by atoms with Crippen LogP contribution in [-0.4, -0.2) is 46.4 Å². The number of aliphatic carboxylic acids is 1. The van der Waals surface area contributed by atoms with Gasteiger partial charge in [-0.2, -0.15) is 0 Å². The number of carboxylic acid groups (broad SMARTS) is 1. The maximum Gasteiger partial charge on any atom is 0.408 e. The molecule has 2 N–H and O–H groups in total. The number of nitrogens with one attached hydrogen (secondary N) is 1. The van der Waals surface area contributed by atoms with E-state index in [1.165, 1.54) is 0 Å². The van der Waals surface area contributed by atoms with Gasteiger partial charge >= 0.3 is 12.1 Å². The van der Waals surface area contributed by atoms with E-state index in [9.17, 15) is 14.4 Å². The number of rotatable bonds is 6. The van der Waals surface area contributed by atoms with Crippen LogP contribution in [0.2, 0.25) is 0 Å². The molecule has 0 heterocycles. The lowest BCUT2D eigenvalue weighted by atomic mass is 10.0. The second-order valence-electron chi connectivity index (χ2n) is 5.97. The minimum atomic E-state index is -1.04. The lowest BCUT2D eigenvalue weighted by Crippen LogP contribution is -2.44. The second kappa shape index (κ2) is 11.5. The Morgan fingerprint density at radius 1 is 1.14 bits per heavy atom. The van der Waals surface area contributed by atoms with Crippen LogP contribution in [0.25, 0.3) is 0 Å². The lowest BCUT2D eigenvalue weighted by Gasteiger charge is -2.22. The monoisotopic (exact) mass is 357 g/mol. The molecule has 1 unspecified atom stereocenters. The summed E-state index contributed by atoms with van der Waals surface area (Å²) in [6.07, 6.45) is -0.310. The summed E-state index contributed by atoms with van der Waals surface area (Å²) in [5, 5.41) is 11.2. The number of hydrogen-bond donors (Lipinski definition) is 2. The van der Waals surface area contributed by atoms with Crippen LogP contribution in [0.4, 0.5) is 4.79 Å². The van der Waals surface area contributed by atoms with Crippen molar-refractivity contribution in [1.82, 2.24) is 5.32 Å². The normalized spacial score (nSPS) is 12.0. The molecular formula is C14H25Cl2NO5. The Kier molecular flexibility index (Phi) is 12.2. The fraction of sp³-hybridized carbons (Fsp3) is 0.786. The molecule has 0 bridgehead atoms. The Morgan fingerprint density at radius 3 is 1.82 bits per heavy atom. The van der Waals surface area contributed by atoms with Crippen LogP contribution in [0.15, 0.2) is 0 Å². The van der Waals surface area contributed by atoms with Gasteiger partial charge in [-0.1, -0.05) is 13.8 Å². The van der Waals surface area contributed by atoms with Gasteiger partial charge in [0, 0.05) is 0 Å². The molecule has 0 spiro atoms. The Labute approximate surface area is 141 Å². The Morgan fingerprint density at radius 2 is 1.59 bits per heavy atom. The van der Waals surface area contributed by atoms with E-state index in [1.54, 1.807) is 20.8 Å². The number of carboxylic acids is 1. The van der Waals surface area contributed by atoms with Crippen molar-refractivity contribution < 1.29 is 24.2 Å². The zero-order chi connectivity index (χ0) is 17.9. The third-order valence-electron chi connectivity index (χ3n) is 1.99. The first-order valence-corrected chi connectivity index (χ1v) is 7.85. The first-order chi connectivity index (χ1) is 9.92. The average Bonchev–Trinajstić information content (AvgIpc) is 2.34. The third kappa shape index (κ3) is 15.4. The molecule has 0 rings (SSSR count). The van der Waals surface area contributed by atoms with Gasteiger partial charge in [-0.05, 0) is 33.1 Å². The quantitative estimate of drug-likeness (QED) is 0.712. The van der Waals surface area contributed by atoms with Crippen molar-refractivity contribution in [2.24, 2.45) is 5.92 Å². The Bertz CT molecular complexity index is 361. The number of alkyl carbamates (subject to hydrolysis) is 1. The van der Waals surface area contributed by atoms with Crippen molar-refractivity contribution in [3.63, 3.8) is 0 Å². The molecule has 0 aromatic rings. The molecule has 0 aliphatic carbocycles. The highest BCUT2D eigenvalue weighted by atomic mass is 35.5. The third-order valence-corrected chi connectivity index (χ3v) is 2.59. The smallest absolute Gasteiger partial charge is 0.408 e. The summed E-state index contributed by atoms with van der Waals surface area (Å²) in [6.45, 7) is 8.97. The van der Waals surface area contributed by atoms with Gasteiger partial charge in [0.05, 0.1) is 11.8 Å². The van der Waals surface area contributed by atoms with Crippen molar-refractivity contribution in [2.45, 2.75) is 52.7 Å². The van der Waals surface area contributed by atoms with Crippen molar-refractivity contribution in [3.8, 4) is 0 Å². The predicted molar refractivity (Wildman–Crippen MR) is 86.7 cm³/mol. The van der Waals surface area contributed by atoms with Crippen LogP contribution >= 0.6 is 23.2 Å². The van der Waals surface area contributed by atoms with E-state index >= 15 is 0 Å². The second-order valence-corrected chi connectivity index (χ2v) is 6.51. The number of hydrogen-bond acceptors (Lipinski definition) is 4. The molecule has 0 aliphatic rings. The van der Waals surface area contributed by atoms with Gasteiger partial charge in [-0.3, -0.25) is 4.79 Å². The van der Waals surface area contributed by atoms with Gasteiger partial charge in [0.1, 0.15) is 11.6 Å². The molecule has 6 nitrogen and oxygen atoms in total. The molecule has 130 valence electrons. The highest BCUT2D eigenvalue weighted by Crippen LogP contribution is 2.09. The zero-order valence-corrected chi connectivity index (χ0v) is 15.1. The van der Waals surface area contributed by atoms with Crippen LogP contribution in [0.1, 0.15) is 41.0 Å². The maximum absolute atomic E-state index is 11.4. The SMILES string of the molecule is CC(C)CC(NC(=O)OC(C)(C)C)C(=O)O.O=C(CCl)CCl. The van der Waals surface area contributed by atoms with Crippen molar-refractivity contribution >= 4 is 41.0 Å². The van der Waals surface area contributed by atoms with E-state index in [0.717, 1.165) is 0 Å². The molecular weight excluding hydrogens is 333 g/mol. The van der Waals surface area contributed by atoms with Crippen LogP contribution in [-0.2, 0) is 14.3 Å². The lowest BCUT2D eigenvalue weighted by molar-refractivity contribution is -0.139. The van der Waals surface area contributed by atoms with Crippen LogP contribution in [0.3, 0.4) is 0 Å². The molecule has 22 heavy (non-hydrogen) atoms. The first kappa shape index (κ1) is 23.3. The summed E-state index contributed by atoms with van der Waals surface area (Å²) < 4.78 is 4.99. The van der Waals surface area contributed by atoms with E-state index in [1.807, 2.05) is 13.8 Å². The van der Waals surface area contributed by atoms with Crippen LogP contribution in [0, 0.1) is 5.92 Å². The largest absolute Gasteiger partial charge is 0.480 e. The van der Waals surface area contributed by atoms with Gasteiger partial charge in [-0.15, -0.1) is 23.2 Å². The molecule has 0 aromatic carbocycles. The average molecular weight is 358 g/mol. The summed E-state index contributed by atoms with van der Waals surface area (Å²) >= 11 is 10.0. The van der Waals surface area contributed by atoms with Gasteiger partial charge in [0.15, 0.2) is 5.78 Å². The summed E-state index contributed by atoms with van der Waals surface area (Å²) in [4.78, 5) is 32.1. The fourth-order valence-corrected chi connectivity index (χ4v) is 1.46. The molecule has 0 saturated carbocycles. The van der Waals surface area contributed by atoms with E-state index in [2.05, 4.69) is 5.32 Å². The highest BCUT2D eigenvalue weighted by Gasteiger charge is 2.24. The fourth-order valence-electron chi connectivity index (χ4n) is 1.18. The molecule has 0 saturated heterocycles. The first-order valence-electron chi connectivity index (χ1n) is 6.78. The maximum atomic E-state index is 11.4. The number of carbonyl (C=O) groups is 3. The van der Waals surface area contributed by atoms with E-state index in [-0.39, 0.29) is 23.5 Å². The van der Waals surface area contributed by atoms with Crippen molar-refractivity contribution in [1.29, 1.82) is 0 Å². The van der Waals surface area contributed by atoms with Crippen molar-refractivity contribution in [2.75, 3.05) is 11.8 Å². The number of alkyl halides is 2. The zero-order valence-electron chi connectivity index (χ0n) is 13.6. The standard InChI is InChI=1S/C11H21NO4.C3H4Cl2O/c1-7(2)6-8(9(13)14)12-10(15)16-11(3,4)5;4-1-3(6)2-5/h7-8H,6H2,1-5H3,(H,12,15)(H,13,14);1-2H2. The minimum absolute atomic E-state index is 0.0312. The van der Waals surface area contributed by atoms with Crippen LogP contribution < -0.4 is 5.32 Å². The molecule has 0 radical (unpaired) electrons. The summed E-state index contributed by atoms with van der Waals surface area (Å²) in [5.74, 6) is -0.915. The molecule has 8 heteroatoms. The number of amides is 1. The number of ketones is 1. The molecule has 1 amide bonds. The number of halogens is 2. The number of Topliss-reactive ketones (excluding diaryl/α,β-unsaturated/α-hetero) is 1. The number of carbonyl (C=O) groups excluding carboxylic acids is 2. The topological polar surface area (TPSA) is 92.7 Å². The van der Waals surface area contributed by atoms with Gasteiger partial charge in [0.2, 0.25) is 0 Å². The predicted octanol–water partition coefficient (Wildman–Crippen LogP) is 3.04. The Hall–Kier alpha value is -1.01. The van der Waals surface area contributed by atoms with Gasteiger partial charge in [-0.25, -0.2) is 9.59 Å². The van der Waals surface area contributed by atoms with E-state index < -0.39 is 23.7 Å². The summed E-state index contributed by atoms with van der Waals surface area (Å²) in [6, 6.07) is -0.894. The summed E-state index contributed by atoms with van der Waals surface area (Å²) in [5.41, 5.74) is -0.620. The van der Waals surface area contributed by atoms with E-state index in [0.29, 0.717) is 6.42 Å². The van der Waals surface area contributed by atoms with Crippen LogP contribution in [0.5, 0.6) is 0 Å². The van der Waals surface area contributed by atoms with Gasteiger partial charge in [0.25, 0.3) is 0 Å². The molecule has 0 fully saturated rings. The summed E-state index contributed by atoms with van der Waals surface area (Å²) in [7, 11) is 0. The number of ether oxygens (including phenoxy) is 1. The van der Waals surface area contributed by atoms with E-state index in [4.69, 9.17) is 33.0 Å².